The lowest BCUT2D eigenvalue weighted by Gasteiger charge is -2.21. The van der Waals surface area contributed by atoms with Crippen molar-refractivity contribution in [3.63, 3.8) is 0 Å². The van der Waals surface area contributed by atoms with E-state index in [0.29, 0.717) is 37.1 Å². The maximum Gasteiger partial charge on any atom is 0.409 e. The first-order valence-electron chi connectivity index (χ1n) is 12.1. The van der Waals surface area contributed by atoms with Gasteiger partial charge >= 0.3 is 6.09 Å². The maximum atomic E-state index is 13.0. The van der Waals surface area contributed by atoms with E-state index in [0.717, 1.165) is 16.1 Å². The second-order valence-corrected chi connectivity index (χ2v) is 19.3. The minimum atomic E-state index is -3.49. The van der Waals surface area contributed by atoms with Crippen LogP contribution in [0, 0.1) is 0 Å². The van der Waals surface area contributed by atoms with E-state index in [-0.39, 0.29) is 29.0 Å². The Bertz CT molecular complexity index is 1210. The lowest BCUT2D eigenvalue weighted by Crippen LogP contribution is -2.30. The third-order valence-electron chi connectivity index (χ3n) is 5.94. The van der Waals surface area contributed by atoms with Crippen molar-refractivity contribution in [2.24, 2.45) is 0 Å². The number of halogens is 1. The summed E-state index contributed by atoms with van der Waals surface area (Å²) in [5, 5.41) is 2.49. The molecule has 0 unspecified atom stereocenters. The van der Waals surface area contributed by atoms with Crippen LogP contribution < -0.4 is 5.32 Å². The van der Waals surface area contributed by atoms with E-state index in [1.165, 1.54) is 11.0 Å². The van der Waals surface area contributed by atoms with Gasteiger partial charge in [0.1, 0.15) is 0 Å². The molecule has 1 aliphatic carbocycles. The molecule has 0 radical (unpaired) electrons. The Kier molecular flexibility index (Phi) is 9.40. The number of nitrogens with one attached hydrogen (secondary N) is 1. The van der Waals surface area contributed by atoms with Gasteiger partial charge in [0, 0.05) is 31.7 Å². The van der Waals surface area contributed by atoms with Crippen LogP contribution in [0.25, 0.3) is 0 Å². The van der Waals surface area contributed by atoms with Gasteiger partial charge in [-0.2, -0.15) is 0 Å². The molecule has 0 heterocycles. The van der Waals surface area contributed by atoms with Gasteiger partial charge in [-0.1, -0.05) is 47.7 Å². The number of sulfone groups is 1. The van der Waals surface area contributed by atoms with Gasteiger partial charge in [0.05, 0.1) is 23.3 Å². The third kappa shape index (κ3) is 8.45. The van der Waals surface area contributed by atoms with Crippen molar-refractivity contribution in [3.8, 4) is 0 Å². The van der Waals surface area contributed by atoms with E-state index in [9.17, 15) is 18.0 Å². The molecule has 1 saturated carbocycles. The molecule has 2 amide bonds. The number of hydrogen-bond donors (Lipinski definition) is 1. The lowest BCUT2D eigenvalue weighted by atomic mass is 10.1. The first-order valence-corrected chi connectivity index (χ1v) is 18.2. The van der Waals surface area contributed by atoms with Crippen LogP contribution in [0.4, 0.5) is 10.5 Å². The minimum absolute atomic E-state index is 0.0643. The molecule has 1 fully saturated rings. The monoisotopic (exact) mass is 594 g/mol. The average molecular weight is 596 g/mol. The normalized spacial score (nSPS) is 13.8. The summed E-state index contributed by atoms with van der Waals surface area (Å²) in [7, 11) is -3.24. The number of anilines is 1. The summed E-state index contributed by atoms with van der Waals surface area (Å²) in [6.07, 6.45) is 1.66. The molecule has 36 heavy (non-hydrogen) atoms. The molecule has 0 saturated heterocycles. The van der Waals surface area contributed by atoms with E-state index >= 15 is 0 Å². The number of ether oxygens (including phenoxy) is 1. The summed E-state index contributed by atoms with van der Waals surface area (Å²) in [6.45, 7) is 7.03. The van der Waals surface area contributed by atoms with Crippen LogP contribution in [0.2, 0.25) is 25.7 Å². The Hall–Kier alpha value is -2.17. The van der Waals surface area contributed by atoms with Crippen molar-refractivity contribution >= 4 is 51.5 Å². The molecule has 0 aromatic heterocycles. The maximum absolute atomic E-state index is 13.0. The van der Waals surface area contributed by atoms with Crippen LogP contribution in [0.3, 0.4) is 0 Å². The fourth-order valence-electron chi connectivity index (χ4n) is 3.66. The van der Waals surface area contributed by atoms with Crippen LogP contribution in [0.5, 0.6) is 0 Å². The van der Waals surface area contributed by atoms with E-state index < -0.39 is 24.0 Å². The van der Waals surface area contributed by atoms with E-state index in [1.807, 2.05) is 24.3 Å². The lowest BCUT2D eigenvalue weighted by molar-refractivity contribution is -0.116. The molecular weight excluding hydrogens is 560 g/mol. The van der Waals surface area contributed by atoms with E-state index in [2.05, 4.69) is 40.9 Å². The molecule has 0 aliphatic heterocycles. The predicted molar refractivity (Wildman–Crippen MR) is 149 cm³/mol. The number of carbonyl (C=O) groups is 2. The fraction of sp³-hybridized carbons (Fsp3) is 0.462. The molecule has 1 N–H and O–H groups in total. The van der Waals surface area contributed by atoms with Crippen LogP contribution >= 0.6 is 15.9 Å². The van der Waals surface area contributed by atoms with Gasteiger partial charge < -0.3 is 15.0 Å². The van der Waals surface area contributed by atoms with Crippen molar-refractivity contribution in [2.75, 3.05) is 19.0 Å². The van der Waals surface area contributed by atoms with Crippen molar-refractivity contribution in [1.29, 1.82) is 0 Å². The molecule has 2 aromatic carbocycles. The van der Waals surface area contributed by atoms with E-state index in [4.69, 9.17) is 4.74 Å². The van der Waals surface area contributed by atoms with Crippen molar-refractivity contribution < 1.29 is 22.7 Å². The number of rotatable bonds is 11. The molecule has 1 aliphatic rings. The Morgan fingerprint density at radius 1 is 1.14 bits per heavy atom. The van der Waals surface area contributed by atoms with Gasteiger partial charge in [-0.3, -0.25) is 4.79 Å². The van der Waals surface area contributed by atoms with Crippen molar-refractivity contribution in [2.45, 2.75) is 68.1 Å². The number of benzene rings is 2. The highest BCUT2D eigenvalue weighted by Gasteiger charge is 2.38. The quantitative estimate of drug-likeness (QED) is 0.329. The molecule has 196 valence electrons. The van der Waals surface area contributed by atoms with Gasteiger partial charge in [-0.15, -0.1) is 0 Å². The summed E-state index contributed by atoms with van der Waals surface area (Å²) in [4.78, 5) is 26.7. The predicted octanol–water partition coefficient (Wildman–Crippen LogP) is 5.86. The molecule has 10 heteroatoms. The molecule has 0 bridgehead atoms. The molecular formula is C26H35BrN2O5SSi. The number of amides is 2. The zero-order chi connectivity index (χ0) is 26.5. The first kappa shape index (κ1) is 28.4. The van der Waals surface area contributed by atoms with Gasteiger partial charge in [-0.05, 0) is 66.8 Å². The molecule has 3 rings (SSSR count). The molecule has 0 spiro atoms. The minimum Gasteiger partial charge on any atom is -0.450 e. The van der Waals surface area contributed by atoms with Gasteiger partial charge in [0.2, 0.25) is 5.91 Å². The summed E-state index contributed by atoms with van der Waals surface area (Å²) in [6, 6.07) is 13.5. The number of nitrogens with zero attached hydrogens (tertiary/aromatic N) is 1. The smallest absolute Gasteiger partial charge is 0.409 e. The van der Waals surface area contributed by atoms with Crippen molar-refractivity contribution in [1.82, 2.24) is 4.90 Å². The molecule has 7 nitrogen and oxygen atoms in total. The first-order chi connectivity index (χ1) is 16.8. The Balaban J connectivity index is 1.71. The third-order valence-corrected chi connectivity index (χ3v) is 10.5. The van der Waals surface area contributed by atoms with Gasteiger partial charge in [-0.25, -0.2) is 13.2 Å². The van der Waals surface area contributed by atoms with Gasteiger partial charge in [0.15, 0.2) is 9.84 Å². The topological polar surface area (TPSA) is 92.8 Å². The zero-order valence-electron chi connectivity index (χ0n) is 21.3. The number of hydrogen-bond acceptors (Lipinski definition) is 5. The van der Waals surface area contributed by atoms with Crippen LogP contribution in [0.15, 0.2) is 51.8 Å². The Labute approximate surface area is 223 Å². The average Bonchev–Trinajstić information content (AvgIpc) is 3.63. The summed E-state index contributed by atoms with van der Waals surface area (Å²) in [5.74, 6) is -0.169. The van der Waals surface area contributed by atoms with Crippen LogP contribution in [-0.2, 0) is 32.3 Å². The van der Waals surface area contributed by atoms with Gasteiger partial charge in [0.25, 0.3) is 0 Å². The number of aryl methyl sites for hydroxylation is 1. The van der Waals surface area contributed by atoms with E-state index in [1.54, 1.807) is 19.2 Å². The summed E-state index contributed by atoms with van der Waals surface area (Å²) >= 11 is 3.44. The highest BCUT2D eigenvalue weighted by molar-refractivity contribution is 9.10. The van der Waals surface area contributed by atoms with Crippen LogP contribution in [-0.4, -0.2) is 52.3 Å². The second kappa shape index (κ2) is 11.9. The zero-order valence-corrected chi connectivity index (χ0v) is 24.7. The largest absolute Gasteiger partial charge is 0.450 e. The molecule has 0 atom stereocenters. The summed E-state index contributed by atoms with van der Waals surface area (Å²) < 4.78 is 32.5. The SMILES string of the molecule is CN(Cc1cc(NC(=O)CCc2cccc(Br)c2)ccc1S(=O)(=O)C1CC1)C(=O)OCC[Si](C)(C)C. The Morgan fingerprint density at radius 3 is 2.50 bits per heavy atom. The standard InChI is InChI=1S/C26H35BrN2O5SSi/c1-29(26(31)34-14-15-36(2,3)4)18-20-17-22(9-12-24(20)35(32,33)23-10-11-23)28-25(30)13-8-19-6-5-7-21(27)16-19/h5-7,9,12,16-17,23H,8,10-11,13-15,18H2,1-4H3,(H,28,30). The van der Waals surface area contributed by atoms with Crippen LogP contribution in [0.1, 0.15) is 30.4 Å². The summed E-state index contributed by atoms with van der Waals surface area (Å²) in [5.41, 5.74) is 2.01. The fourth-order valence-corrected chi connectivity index (χ4v) is 6.69. The number of carbonyl (C=O) groups excluding carboxylic acids is 2. The molecule has 2 aromatic rings. The Morgan fingerprint density at radius 2 is 1.86 bits per heavy atom. The highest BCUT2D eigenvalue weighted by Crippen LogP contribution is 2.36. The van der Waals surface area contributed by atoms with Crippen molar-refractivity contribution in [3.05, 3.63) is 58.1 Å². The second-order valence-electron chi connectivity index (χ2n) is 10.5. The highest BCUT2D eigenvalue weighted by atomic mass is 79.9.